The van der Waals surface area contributed by atoms with Crippen LogP contribution in [0, 0.1) is 18.2 Å². The zero-order valence-corrected chi connectivity index (χ0v) is 29.1. The summed E-state index contributed by atoms with van der Waals surface area (Å²) in [5.41, 5.74) is 5.52. The predicted molar refractivity (Wildman–Crippen MR) is 196 cm³/mol. The summed E-state index contributed by atoms with van der Waals surface area (Å²) in [6.07, 6.45) is 1.59. The number of phenols is 1. The number of para-hydroxylation sites is 2. The quantitative estimate of drug-likeness (QED) is 0.172. The van der Waals surface area contributed by atoms with Gasteiger partial charge in [-0.2, -0.15) is 0 Å². The molecule has 1 saturated heterocycles. The molecule has 10 heteroatoms. The number of nitrogens with zero attached hydrogens (tertiary/aromatic N) is 3. The minimum atomic E-state index is -0.469. The summed E-state index contributed by atoms with van der Waals surface area (Å²) in [5.74, 6) is -0.595. The summed E-state index contributed by atoms with van der Waals surface area (Å²) in [5, 5.41) is 18.5. The lowest BCUT2D eigenvalue weighted by molar-refractivity contribution is 0.125. The number of aromatic hydroxyl groups is 1. The van der Waals surface area contributed by atoms with Gasteiger partial charge in [0, 0.05) is 35.2 Å². The summed E-state index contributed by atoms with van der Waals surface area (Å²) < 4.78 is 17.1. The molecule has 7 nitrogen and oxygen atoms in total. The van der Waals surface area contributed by atoms with E-state index in [9.17, 15) is 9.90 Å². The number of likely N-dealkylation sites (tertiary alicyclic amines) is 1. The van der Waals surface area contributed by atoms with Crippen molar-refractivity contribution in [3.05, 3.63) is 94.8 Å². The molecule has 248 valence electrons. The Bertz CT molecular complexity index is 2010. The Morgan fingerprint density at radius 3 is 2.50 bits per heavy atom. The highest BCUT2D eigenvalue weighted by molar-refractivity contribution is 7.22. The van der Waals surface area contributed by atoms with Gasteiger partial charge in [-0.15, -0.1) is 0 Å². The van der Waals surface area contributed by atoms with Gasteiger partial charge in [0.15, 0.2) is 5.13 Å². The first-order valence-electron chi connectivity index (χ1n) is 16.3. The van der Waals surface area contributed by atoms with Crippen molar-refractivity contribution in [2.24, 2.45) is 5.41 Å². The average molecular weight is 684 g/mol. The van der Waals surface area contributed by atoms with Crippen molar-refractivity contribution in [2.45, 2.75) is 46.0 Å². The van der Waals surface area contributed by atoms with E-state index in [0.29, 0.717) is 44.9 Å². The van der Waals surface area contributed by atoms with Crippen molar-refractivity contribution in [3.8, 4) is 16.9 Å². The summed E-state index contributed by atoms with van der Waals surface area (Å²) in [4.78, 5) is 22.5. The van der Waals surface area contributed by atoms with Gasteiger partial charge in [-0.05, 0) is 91.4 Å². The zero-order chi connectivity index (χ0) is 33.8. The van der Waals surface area contributed by atoms with Crippen molar-refractivity contribution in [1.82, 2.24) is 9.88 Å². The van der Waals surface area contributed by atoms with Crippen LogP contribution in [0.25, 0.3) is 21.3 Å². The van der Waals surface area contributed by atoms with Gasteiger partial charge in [0.1, 0.15) is 11.6 Å². The smallest absolute Gasteiger partial charge is 0.325 e. The number of aromatic nitrogens is 1. The first kappa shape index (κ1) is 32.4. The van der Waals surface area contributed by atoms with Crippen LogP contribution in [-0.2, 0) is 5.41 Å². The van der Waals surface area contributed by atoms with E-state index in [0.717, 1.165) is 53.8 Å². The first-order valence-corrected chi connectivity index (χ1v) is 17.4. The maximum absolute atomic E-state index is 16.1. The molecular weight excluding hydrogens is 645 g/mol. The average Bonchev–Trinajstić information content (AvgIpc) is 3.57. The maximum Gasteiger partial charge on any atom is 0.325 e. The standard InChI is InChI=1S/C38H39ClFN5O2S/c1-23-9-14-28-31(19-23)48-36(42-28)43-35(47)41-27-7-5-6-8-29(27)45-22-38(15-17-44(18-16-38)21-37(2,3)4)33-32(24-10-12-25(39)13-11-24)26(40)20-30(46)34(33)45/h5-14,19-20,46H,15-18,21-22H2,1-4H3,(H2,41,42,43,47). The van der Waals surface area contributed by atoms with Gasteiger partial charge >= 0.3 is 6.03 Å². The van der Waals surface area contributed by atoms with Gasteiger partial charge in [-0.1, -0.05) is 74.0 Å². The Morgan fingerprint density at radius 2 is 1.77 bits per heavy atom. The molecule has 48 heavy (non-hydrogen) atoms. The molecule has 0 radical (unpaired) electrons. The molecular formula is C38H39ClFN5O2S. The molecule has 0 aliphatic carbocycles. The normalized spacial score (nSPS) is 16.0. The molecule has 2 amide bonds. The first-order chi connectivity index (χ1) is 22.9. The molecule has 0 bridgehead atoms. The molecule has 7 rings (SSSR count). The molecule has 1 spiro atoms. The number of phenolic OH excluding ortho intramolecular Hbond substituents is 1. The number of amides is 2. The molecule has 4 aromatic carbocycles. The number of nitrogens with one attached hydrogen (secondary N) is 2. The van der Waals surface area contributed by atoms with E-state index in [1.165, 1.54) is 17.4 Å². The number of hydrogen-bond donors (Lipinski definition) is 3. The minimum Gasteiger partial charge on any atom is -0.506 e. The number of carbonyl (C=O) groups is 1. The number of piperidine rings is 1. The molecule has 2 aliphatic heterocycles. The second-order valence-electron chi connectivity index (χ2n) is 14.3. The van der Waals surface area contributed by atoms with Crippen LogP contribution in [0.5, 0.6) is 5.75 Å². The molecule has 5 aromatic rings. The van der Waals surface area contributed by atoms with Crippen LogP contribution < -0.4 is 15.5 Å². The van der Waals surface area contributed by atoms with Crippen molar-refractivity contribution in [3.63, 3.8) is 0 Å². The van der Waals surface area contributed by atoms with Crippen molar-refractivity contribution >= 4 is 61.4 Å². The van der Waals surface area contributed by atoms with E-state index in [1.807, 2.05) is 61.5 Å². The van der Waals surface area contributed by atoms with Gasteiger partial charge in [-0.3, -0.25) is 5.32 Å². The van der Waals surface area contributed by atoms with Crippen LogP contribution in [0.2, 0.25) is 5.02 Å². The van der Waals surface area contributed by atoms with Gasteiger partial charge in [0.05, 0.1) is 27.3 Å². The summed E-state index contributed by atoms with van der Waals surface area (Å²) >= 11 is 7.66. The second kappa shape index (κ2) is 12.4. The third-order valence-electron chi connectivity index (χ3n) is 9.34. The Morgan fingerprint density at radius 1 is 1.04 bits per heavy atom. The van der Waals surface area contributed by atoms with Crippen molar-refractivity contribution in [1.29, 1.82) is 0 Å². The molecule has 0 unspecified atom stereocenters. The lowest BCUT2D eigenvalue weighted by Gasteiger charge is -2.42. The topological polar surface area (TPSA) is 80.7 Å². The summed E-state index contributed by atoms with van der Waals surface area (Å²) in [6, 6.07) is 21.5. The third kappa shape index (κ3) is 6.22. The molecule has 3 N–H and O–H groups in total. The number of halogens is 2. The lowest BCUT2D eigenvalue weighted by Crippen LogP contribution is -2.47. The van der Waals surface area contributed by atoms with Crippen LogP contribution in [0.4, 0.5) is 31.4 Å². The van der Waals surface area contributed by atoms with Crippen molar-refractivity contribution < 1.29 is 14.3 Å². The number of aryl methyl sites for hydroxylation is 1. The van der Waals surface area contributed by atoms with Crippen LogP contribution in [-0.4, -0.2) is 47.2 Å². The highest BCUT2D eigenvalue weighted by Crippen LogP contribution is 2.58. The van der Waals surface area contributed by atoms with Gasteiger partial charge in [0.25, 0.3) is 0 Å². The van der Waals surface area contributed by atoms with E-state index in [2.05, 4.69) is 46.2 Å². The largest absolute Gasteiger partial charge is 0.506 e. The highest BCUT2D eigenvalue weighted by atomic mass is 35.5. The fraction of sp³-hybridized carbons (Fsp3) is 0.316. The van der Waals surface area contributed by atoms with E-state index in [4.69, 9.17) is 11.6 Å². The number of fused-ring (bicyclic) bond motifs is 3. The summed E-state index contributed by atoms with van der Waals surface area (Å²) in [6.45, 7) is 12.0. The number of benzene rings is 4. The van der Waals surface area contributed by atoms with Crippen LogP contribution in [0.3, 0.4) is 0 Å². The fourth-order valence-electron chi connectivity index (χ4n) is 7.35. The van der Waals surface area contributed by atoms with Crippen LogP contribution in [0.1, 0.15) is 44.7 Å². The lowest BCUT2D eigenvalue weighted by atomic mass is 9.71. The third-order valence-corrected chi connectivity index (χ3v) is 10.5. The van der Waals surface area contributed by atoms with Gasteiger partial charge < -0.3 is 20.2 Å². The molecule has 1 aromatic heterocycles. The number of urea groups is 1. The Kier molecular flexibility index (Phi) is 8.34. The predicted octanol–water partition coefficient (Wildman–Crippen LogP) is 9.95. The Labute approximate surface area is 289 Å². The minimum absolute atomic E-state index is 0.127. The molecule has 0 atom stereocenters. The van der Waals surface area contributed by atoms with E-state index < -0.39 is 17.3 Å². The zero-order valence-electron chi connectivity index (χ0n) is 27.5. The monoisotopic (exact) mass is 683 g/mol. The van der Waals surface area contributed by atoms with Crippen LogP contribution >= 0.6 is 22.9 Å². The van der Waals surface area contributed by atoms with E-state index in [1.54, 1.807) is 12.1 Å². The van der Waals surface area contributed by atoms with Crippen LogP contribution in [0.15, 0.2) is 72.8 Å². The fourth-order valence-corrected chi connectivity index (χ4v) is 8.44. The Balaban J connectivity index is 1.27. The number of carbonyl (C=O) groups excluding carboxylic acids is 1. The number of rotatable bonds is 5. The number of hydrogen-bond acceptors (Lipinski definition) is 6. The number of anilines is 4. The molecule has 2 aliphatic rings. The second-order valence-corrected chi connectivity index (χ2v) is 15.7. The van der Waals surface area contributed by atoms with E-state index in [-0.39, 0.29) is 11.2 Å². The van der Waals surface area contributed by atoms with Gasteiger partial charge in [0.2, 0.25) is 0 Å². The molecule has 3 heterocycles. The van der Waals surface area contributed by atoms with Crippen molar-refractivity contribution in [2.75, 3.05) is 41.7 Å². The molecule has 0 saturated carbocycles. The van der Waals surface area contributed by atoms with Gasteiger partial charge in [-0.25, -0.2) is 14.2 Å². The maximum atomic E-state index is 16.1. The Hall–Kier alpha value is -4.18. The summed E-state index contributed by atoms with van der Waals surface area (Å²) in [7, 11) is 0. The SMILES string of the molecule is Cc1ccc2nc(NC(=O)Nc3ccccc3N3CC4(CCN(CC(C)(C)C)CC4)c4c(-c5ccc(Cl)cc5)c(F)cc(O)c43)sc2c1. The molecule has 1 fully saturated rings. The highest BCUT2D eigenvalue weighted by Gasteiger charge is 2.49. The van der Waals surface area contributed by atoms with E-state index >= 15 is 4.39 Å². The number of thiazole rings is 1.